The van der Waals surface area contributed by atoms with Gasteiger partial charge in [-0.05, 0) is 46.0 Å². The van der Waals surface area contributed by atoms with Gasteiger partial charge in [0.15, 0.2) is 17.0 Å². The lowest BCUT2D eigenvalue weighted by Crippen LogP contribution is -2.56. The van der Waals surface area contributed by atoms with Crippen LogP contribution in [0.25, 0.3) is 11.2 Å². The third-order valence-corrected chi connectivity index (χ3v) is 5.65. The molecular formula is C21H29N7O3. The average Bonchev–Trinajstić information content (AvgIpc) is 3.09. The molecule has 2 amide bonds. The van der Waals surface area contributed by atoms with Crippen LogP contribution in [0.15, 0.2) is 17.6 Å². The molecule has 2 aromatic rings. The van der Waals surface area contributed by atoms with Crippen molar-refractivity contribution in [2.24, 2.45) is 10.9 Å². The van der Waals surface area contributed by atoms with Gasteiger partial charge in [-0.25, -0.2) is 29.6 Å². The SMILES string of the molecule is CN(C)C=Nc1ncnc2c1ncn2[C@@H]1CC[C@H]2CC(=O)N(C(=O)OC(C)(C)C)[C@@H]1C2. The molecule has 1 aliphatic heterocycles. The number of carbonyl (C=O) groups excluding carboxylic acids is 2. The Hall–Kier alpha value is -3.04. The summed E-state index contributed by atoms with van der Waals surface area (Å²) >= 11 is 0. The van der Waals surface area contributed by atoms with Gasteiger partial charge < -0.3 is 14.2 Å². The number of imidazole rings is 1. The number of ether oxygens (including phenoxy) is 1. The molecule has 10 heteroatoms. The monoisotopic (exact) mass is 427 g/mol. The minimum atomic E-state index is -0.674. The second-order valence-corrected chi connectivity index (χ2v) is 9.49. The third kappa shape index (κ3) is 4.24. The van der Waals surface area contributed by atoms with E-state index in [0.29, 0.717) is 23.4 Å². The van der Waals surface area contributed by atoms with Crippen molar-refractivity contribution in [3.05, 3.63) is 12.7 Å². The summed E-state index contributed by atoms with van der Waals surface area (Å²) < 4.78 is 7.52. The van der Waals surface area contributed by atoms with Crippen molar-refractivity contribution in [1.29, 1.82) is 0 Å². The summed E-state index contributed by atoms with van der Waals surface area (Å²) in [6.45, 7) is 5.41. The van der Waals surface area contributed by atoms with E-state index in [9.17, 15) is 9.59 Å². The molecule has 3 atom stereocenters. The van der Waals surface area contributed by atoms with Crippen molar-refractivity contribution in [3.63, 3.8) is 0 Å². The Morgan fingerprint density at radius 1 is 1.23 bits per heavy atom. The number of aromatic nitrogens is 4. The Labute approximate surface area is 181 Å². The van der Waals surface area contributed by atoms with Crippen molar-refractivity contribution in [2.75, 3.05) is 14.1 Å². The minimum Gasteiger partial charge on any atom is -0.443 e. The highest BCUT2D eigenvalue weighted by Gasteiger charge is 2.47. The second kappa shape index (κ2) is 7.90. The molecule has 2 fully saturated rings. The number of amides is 2. The van der Waals surface area contributed by atoms with Crippen molar-refractivity contribution in [3.8, 4) is 0 Å². The number of rotatable bonds is 3. The van der Waals surface area contributed by atoms with E-state index < -0.39 is 11.7 Å². The molecule has 1 saturated carbocycles. The summed E-state index contributed by atoms with van der Waals surface area (Å²) in [4.78, 5) is 46.5. The number of nitrogens with zero attached hydrogens (tertiary/aromatic N) is 7. The van der Waals surface area contributed by atoms with E-state index in [-0.39, 0.29) is 23.9 Å². The summed E-state index contributed by atoms with van der Waals surface area (Å²) in [6, 6.07) is -0.422. The Bertz CT molecular complexity index is 1020. The molecule has 4 rings (SSSR count). The maximum absolute atomic E-state index is 12.9. The molecule has 2 aliphatic rings. The topological polar surface area (TPSA) is 106 Å². The first kappa shape index (κ1) is 21.2. The number of fused-ring (bicyclic) bond motifs is 3. The molecule has 0 radical (unpaired) electrons. The van der Waals surface area contributed by atoms with Crippen molar-refractivity contribution >= 4 is 35.3 Å². The number of aliphatic imine (C=N–C) groups is 1. The summed E-state index contributed by atoms with van der Waals surface area (Å²) in [6.07, 6.45) is 7.15. The molecule has 1 saturated heterocycles. The highest BCUT2D eigenvalue weighted by Crippen LogP contribution is 2.42. The fourth-order valence-electron chi connectivity index (χ4n) is 4.43. The van der Waals surface area contributed by atoms with E-state index in [1.165, 1.54) is 11.2 Å². The molecule has 2 bridgehead atoms. The summed E-state index contributed by atoms with van der Waals surface area (Å²) in [5, 5.41) is 0. The van der Waals surface area contributed by atoms with Crippen LogP contribution >= 0.6 is 0 Å². The Morgan fingerprint density at radius 3 is 2.71 bits per heavy atom. The van der Waals surface area contributed by atoms with Crippen molar-refractivity contribution in [1.82, 2.24) is 29.3 Å². The van der Waals surface area contributed by atoms with Gasteiger partial charge in [-0.2, -0.15) is 0 Å². The predicted octanol–water partition coefficient (Wildman–Crippen LogP) is 2.92. The van der Waals surface area contributed by atoms with Crippen LogP contribution < -0.4 is 0 Å². The van der Waals surface area contributed by atoms with Gasteiger partial charge in [0.1, 0.15) is 11.9 Å². The zero-order valence-corrected chi connectivity index (χ0v) is 18.6. The van der Waals surface area contributed by atoms with E-state index in [0.717, 1.165) is 19.3 Å². The van der Waals surface area contributed by atoms with Crippen LogP contribution in [0.1, 0.15) is 52.5 Å². The quantitative estimate of drug-likeness (QED) is 0.548. The van der Waals surface area contributed by atoms with Gasteiger partial charge in [0, 0.05) is 20.5 Å². The highest BCUT2D eigenvalue weighted by atomic mass is 16.6. The molecule has 10 nitrogen and oxygen atoms in total. The lowest BCUT2D eigenvalue weighted by molar-refractivity contribution is -0.140. The maximum Gasteiger partial charge on any atom is 0.417 e. The second-order valence-electron chi connectivity index (χ2n) is 9.49. The van der Waals surface area contributed by atoms with Crippen LogP contribution in [-0.4, -0.2) is 73.4 Å². The fraction of sp³-hybridized carbons (Fsp3) is 0.619. The van der Waals surface area contributed by atoms with Crippen molar-refractivity contribution < 1.29 is 14.3 Å². The van der Waals surface area contributed by atoms with Crippen LogP contribution in [0.5, 0.6) is 0 Å². The summed E-state index contributed by atoms with van der Waals surface area (Å²) in [5.74, 6) is 0.600. The third-order valence-electron chi connectivity index (χ3n) is 5.65. The van der Waals surface area contributed by atoms with Gasteiger partial charge in [-0.3, -0.25) is 4.79 Å². The fourth-order valence-corrected chi connectivity index (χ4v) is 4.43. The number of carbonyl (C=O) groups is 2. The number of hydrogen-bond acceptors (Lipinski definition) is 7. The van der Waals surface area contributed by atoms with Gasteiger partial charge in [0.2, 0.25) is 5.91 Å². The lowest BCUT2D eigenvalue weighted by Gasteiger charge is -2.46. The highest BCUT2D eigenvalue weighted by molar-refractivity contribution is 5.93. The smallest absolute Gasteiger partial charge is 0.417 e. The molecule has 0 spiro atoms. The Morgan fingerprint density at radius 2 is 2.00 bits per heavy atom. The average molecular weight is 428 g/mol. The molecule has 3 heterocycles. The summed E-state index contributed by atoms with van der Waals surface area (Å²) in [5.41, 5.74) is 0.562. The molecule has 31 heavy (non-hydrogen) atoms. The lowest BCUT2D eigenvalue weighted by atomic mass is 9.76. The van der Waals surface area contributed by atoms with Crippen LogP contribution in [0.3, 0.4) is 0 Å². The first-order valence-corrected chi connectivity index (χ1v) is 10.6. The van der Waals surface area contributed by atoms with Crippen LogP contribution in [0.2, 0.25) is 0 Å². The van der Waals surface area contributed by atoms with Gasteiger partial charge in [0.25, 0.3) is 0 Å². The zero-order chi connectivity index (χ0) is 22.3. The number of imide groups is 1. The predicted molar refractivity (Wildman–Crippen MR) is 115 cm³/mol. The largest absolute Gasteiger partial charge is 0.443 e. The normalized spacial score (nSPS) is 24.1. The first-order valence-electron chi connectivity index (χ1n) is 10.6. The standard InChI is InChI=1S/C21H29N7O3/c1-21(2,3)31-20(30)28-15-8-13(9-16(28)29)6-7-14(15)27-12-24-17-18(25-11-26(4)5)22-10-23-19(17)27/h10-15H,6-9H2,1-5H3/t13-,14-,15-/m1/s1. The molecule has 0 unspecified atom stereocenters. The van der Waals surface area contributed by atoms with Gasteiger partial charge in [0.05, 0.1) is 24.7 Å². The van der Waals surface area contributed by atoms with Crippen LogP contribution in [0.4, 0.5) is 10.6 Å². The molecule has 2 aromatic heterocycles. The minimum absolute atomic E-state index is 0.126. The Kier molecular flexibility index (Phi) is 5.40. The maximum atomic E-state index is 12.9. The van der Waals surface area contributed by atoms with E-state index in [4.69, 9.17) is 4.74 Å². The number of hydrogen-bond donors (Lipinski definition) is 0. The molecule has 0 aromatic carbocycles. The zero-order valence-electron chi connectivity index (χ0n) is 18.6. The molecule has 1 aliphatic carbocycles. The van der Waals surface area contributed by atoms with Gasteiger partial charge in [-0.15, -0.1) is 0 Å². The molecule has 0 N–H and O–H groups in total. The van der Waals surface area contributed by atoms with Crippen LogP contribution in [-0.2, 0) is 9.53 Å². The van der Waals surface area contributed by atoms with Gasteiger partial charge in [-0.1, -0.05) is 0 Å². The molecular weight excluding hydrogens is 398 g/mol. The first-order chi connectivity index (χ1) is 14.6. The number of piperidine rings is 1. The van der Waals surface area contributed by atoms with E-state index in [1.54, 1.807) is 33.4 Å². The van der Waals surface area contributed by atoms with E-state index >= 15 is 0 Å². The molecule has 166 valence electrons. The van der Waals surface area contributed by atoms with E-state index in [2.05, 4.69) is 19.9 Å². The van der Waals surface area contributed by atoms with Gasteiger partial charge >= 0.3 is 6.09 Å². The summed E-state index contributed by atoms with van der Waals surface area (Å²) in [7, 11) is 3.76. The Balaban J connectivity index is 1.70. The van der Waals surface area contributed by atoms with Crippen LogP contribution in [0, 0.1) is 5.92 Å². The van der Waals surface area contributed by atoms with E-state index in [1.807, 2.05) is 23.6 Å². The number of likely N-dealkylation sites (tertiary alicyclic amines) is 1. The van der Waals surface area contributed by atoms with Crippen molar-refractivity contribution in [2.45, 2.75) is 64.1 Å².